The molecule has 0 fully saturated rings. The molecule has 0 spiro atoms. The molecule has 0 unspecified atom stereocenters. The van der Waals surface area contributed by atoms with Crippen LogP contribution in [0.15, 0.2) is 6.07 Å². The average molecular weight is 271 g/mol. The highest BCUT2D eigenvalue weighted by molar-refractivity contribution is 6.29. The lowest BCUT2D eigenvalue weighted by atomic mass is 10.3. The first kappa shape index (κ1) is 14.7. The molecule has 0 bridgehead atoms. The molecule has 18 heavy (non-hydrogen) atoms. The second kappa shape index (κ2) is 7.16. The van der Waals surface area contributed by atoms with Gasteiger partial charge in [0.05, 0.1) is 6.54 Å². The van der Waals surface area contributed by atoms with Crippen molar-refractivity contribution in [3.8, 4) is 0 Å². The van der Waals surface area contributed by atoms with E-state index in [-0.39, 0.29) is 12.5 Å². The molecular formula is C12H19ClN4O. The summed E-state index contributed by atoms with van der Waals surface area (Å²) in [5.74, 6) is 1.35. The fraction of sp³-hybridized carbons (Fsp3) is 0.583. The minimum Gasteiger partial charge on any atom is -0.355 e. The molecule has 0 aliphatic rings. The monoisotopic (exact) mass is 270 g/mol. The van der Waals surface area contributed by atoms with Gasteiger partial charge in [-0.3, -0.25) is 4.79 Å². The van der Waals surface area contributed by atoms with Crippen molar-refractivity contribution in [2.45, 2.75) is 26.7 Å². The van der Waals surface area contributed by atoms with Gasteiger partial charge in [0.15, 0.2) is 0 Å². The van der Waals surface area contributed by atoms with E-state index < -0.39 is 0 Å². The molecule has 1 aromatic rings. The highest BCUT2D eigenvalue weighted by Crippen LogP contribution is 2.15. The summed E-state index contributed by atoms with van der Waals surface area (Å²) in [6.45, 7) is 4.83. The number of hydrogen-bond donors (Lipinski definition) is 1. The maximum absolute atomic E-state index is 11.5. The second-order valence-electron chi connectivity index (χ2n) is 4.02. The summed E-state index contributed by atoms with van der Waals surface area (Å²) in [6, 6.07) is 1.67. The standard InChI is InChI=1S/C12H19ClN4O/c1-4-6-10-15-9(13)7-11(16-10)17(3)8-12(18)14-5-2/h7H,4-6,8H2,1-3H3,(H,14,18). The van der Waals surface area contributed by atoms with Crippen LogP contribution in [0.25, 0.3) is 0 Å². The van der Waals surface area contributed by atoms with Gasteiger partial charge in [0, 0.05) is 26.1 Å². The van der Waals surface area contributed by atoms with Gasteiger partial charge in [0.25, 0.3) is 0 Å². The Hall–Kier alpha value is -1.36. The van der Waals surface area contributed by atoms with Gasteiger partial charge in [0.1, 0.15) is 16.8 Å². The van der Waals surface area contributed by atoms with E-state index in [9.17, 15) is 4.79 Å². The van der Waals surface area contributed by atoms with E-state index in [4.69, 9.17) is 11.6 Å². The van der Waals surface area contributed by atoms with Crippen LogP contribution in [0, 0.1) is 0 Å². The Balaban J connectivity index is 2.78. The summed E-state index contributed by atoms with van der Waals surface area (Å²) in [5, 5.41) is 3.15. The van der Waals surface area contributed by atoms with Crippen LogP contribution in [0.2, 0.25) is 5.15 Å². The Morgan fingerprint density at radius 1 is 1.44 bits per heavy atom. The molecule has 100 valence electrons. The lowest BCUT2D eigenvalue weighted by Gasteiger charge is -2.18. The van der Waals surface area contributed by atoms with E-state index in [0.717, 1.165) is 12.8 Å². The number of aromatic nitrogens is 2. The molecule has 1 heterocycles. The third kappa shape index (κ3) is 4.49. The lowest BCUT2D eigenvalue weighted by molar-refractivity contribution is -0.119. The summed E-state index contributed by atoms with van der Waals surface area (Å²) in [5.41, 5.74) is 0. The van der Waals surface area contributed by atoms with Gasteiger partial charge in [-0.1, -0.05) is 18.5 Å². The number of nitrogens with zero attached hydrogens (tertiary/aromatic N) is 3. The topological polar surface area (TPSA) is 58.1 Å². The third-order valence-corrected chi connectivity index (χ3v) is 2.54. The first-order chi connectivity index (χ1) is 8.56. The molecule has 0 aliphatic heterocycles. The van der Waals surface area contributed by atoms with Gasteiger partial charge in [-0.2, -0.15) is 0 Å². The highest BCUT2D eigenvalue weighted by Gasteiger charge is 2.10. The first-order valence-corrected chi connectivity index (χ1v) is 6.45. The average Bonchev–Trinajstić information content (AvgIpc) is 2.28. The van der Waals surface area contributed by atoms with Crippen molar-refractivity contribution in [2.75, 3.05) is 25.0 Å². The van der Waals surface area contributed by atoms with Crippen LogP contribution in [0.4, 0.5) is 5.82 Å². The highest BCUT2D eigenvalue weighted by atomic mass is 35.5. The zero-order valence-corrected chi connectivity index (χ0v) is 11.8. The molecule has 0 aliphatic carbocycles. The smallest absolute Gasteiger partial charge is 0.239 e. The quantitative estimate of drug-likeness (QED) is 0.799. The maximum atomic E-state index is 11.5. The van der Waals surface area contributed by atoms with Crippen molar-refractivity contribution < 1.29 is 4.79 Å². The number of rotatable bonds is 6. The van der Waals surface area contributed by atoms with E-state index in [2.05, 4.69) is 22.2 Å². The van der Waals surface area contributed by atoms with Crippen molar-refractivity contribution in [1.29, 1.82) is 0 Å². The molecule has 1 amide bonds. The van der Waals surface area contributed by atoms with Crippen LogP contribution < -0.4 is 10.2 Å². The van der Waals surface area contributed by atoms with Gasteiger partial charge >= 0.3 is 0 Å². The summed E-state index contributed by atoms with van der Waals surface area (Å²) in [4.78, 5) is 21.8. The summed E-state index contributed by atoms with van der Waals surface area (Å²) in [6.07, 6.45) is 1.74. The van der Waals surface area contributed by atoms with Crippen molar-refractivity contribution in [3.05, 3.63) is 17.0 Å². The Morgan fingerprint density at radius 3 is 2.78 bits per heavy atom. The molecule has 0 radical (unpaired) electrons. The molecule has 1 aromatic heterocycles. The number of likely N-dealkylation sites (N-methyl/N-ethyl adjacent to an activating group) is 2. The number of carbonyl (C=O) groups is 1. The number of halogens is 1. The number of amides is 1. The van der Waals surface area contributed by atoms with Crippen LogP contribution >= 0.6 is 11.6 Å². The summed E-state index contributed by atoms with van der Waals surface area (Å²) >= 11 is 5.95. The molecule has 6 heteroatoms. The third-order valence-electron chi connectivity index (χ3n) is 2.35. The van der Waals surface area contributed by atoms with E-state index in [0.29, 0.717) is 23.3 Å². The SMILES string of the molecule is CCCc1nc(Cl)cc(N(C)CC(=O)NCC)n1. The number of anilines is 1. The molecular weight excluding hydrogens is 252 g/mol. The van der Waals surface area contributed by atoms with Gasteiger partial charge < -0.3 is 10.2 Å². The zero-order valence-electron chi connectivity index (χ0n) is 11.0. The minimum atomic E-state index is -0.0354. The van der Waals surface area contributed by atoms with Crippen LogP contribution in [-0.2, 0) is 11.2 Å². The van der Waals surface area contributed by atoms with Crippen molar-refractivity contribution >= 4 is 23.3 Å². The van der Waals surface area contributed by atoms with E-state index in [1.54, 1.807) is 11.0 Å². The van der Waals surface area contributed by atoms with Gasteiger partial charge in [-0.25, -0.2) is 9.97 Å². The number of nitrogens with one attached hydrogen (secondary N) is 1. The van der Waals surface area contributed by atoms with Crippen molar-refractivity contribution in [2.24, 2.45) is 0 Å². The molecule has 0 saturated heterocycles. The number of aryl methyl sites for hydroxylation is 1. The van der Waals surface area contributed by atoms with E-state index >= 15 is 0 Å². The van der Waals surface area contributed by atoms with Gasteiger partial charge in [-0.15, -0.1) is 0 Å². The van der Waals surface area contributed by atoms with E-state index in [1.807, 2.05) is 14.0 Å². The van der Waals surface area contributed by atoms with Gasteiger partial charge in [-0.05, 0) is 13.3 Å². The Morgan fingerprint density at radius 2 is 2.17 bits per heavy atom. The van der Waals surface area contributed by atoms with Crippen molar-refractivity contribution in [3.63, 3.8) is 0 Å². The number of hydrogen-bond acceptors (Lipinski definition) is 4. The van der Waals surface area contributed by atoms with Crippen LogP contribution in [-0.4, -0.2) is 36.0 Å². The lowest BCUT2D eigenvalue weighted by Crippen LogP contribution is -2.35. The zero-order chi connectivity index (χ0) is 13.5. The molecule has 0 aromatic carbocycles. The van der Waals surface area contributed by atoms with Crippen molar-refractivity contribution in [1.82, 2.24) is 15.3 Å². The molecule has 5 nitrogen and oxygen atoms in total. The van der Waals surface area contributed by atoms with Gasteiger partial charge in [0.2, 0.25) is 5.91 Å². The predicted molar refractivity (Wildman–Crippen MR) is 73.0 cm³/mol. The minimum absolute atomic E-state index is 0.0354. The second-order valence-corrected chi connectivity index (χ2v) is 4.41. The molecule has 1 N–H and O–H groups in total. The van der Waals surface area contributed by atoms with E-state index in [1.165, 1.54) is 0 Å². The van der Waals surface area contributed by atoms with Crippen LogP contribution in [0.5, 0.6) is 0 Å². The fourth-order valence-electron chi connectivity index (χ4n) is 1.53. The van der Waals surface area contributed by atoms with Crippen LogP contribution in [0.1, 0.15) is 26.1 Å². The number of carbonyl (C=O) groups excluding carboxylic acids is 1. The Bertz CT molecular complexity index is 411. The maximum Gasteiger partial charge on any atom is 0.239 e. The fourth-order valence-corrected chi connectivity index (χ4v) is 1.73. The molecule has 0 saturated carbocycles. The normalized spacial score (nSPS) is 10.2. The summed E-state index contributed by atoms with van der Waals surface area (Å²) in [7, 11) is 1.81. The molecule has 0 atom stereocenters. The van der Waals surface area contributed by atoms with Crippen LogP contribution in [0.3, 0.4) is 0 Å². The Kier molecular flexibility index (Phi) is 5.85. The Labute approximate surface area is 113 Å². The summed E-state index contributed by atoms with van der Waals surface area (Å²) < 4.78 is 0. The molecule has 1 rings (SSSR count). The predicted octanol–water partition coefficient (Wildman–Crippen LogP) is 1.65. The largest absolute Gasteiger partial charge is 0.355 e. The first-order valence-electron chi connectivity index (χ1n) is 6.08.